The molecule has 1 aromatic carbocycles. The third kappa shape index (κ3) is 9.42. The molecule has 0 unspecified atom stereocenters. The number of hydrogen-bond acceptors (Lipinski definition) is 11. The van der Waals surface area contributed by atoms with Gasteiger partial charge in [-0.3, -0.25) is 14.4 Å². The van der Waals surface area contributed by atoms with Gasteiger partial charge in [0.25, 0.3) is 5.91 Å². The lowest BCUT2D eigenvalue weighted by molar-refractivity contribution is -0.170. The van der Waals surface area contributed by atoms with Crippen LogP contribution in [0.5, 0.6) is 11.6 Å². The largest absolute Gasteiger partial charge is 0.497 e. The molecule has 2 heterocycles. The van der Waals surface area contributed by atoms with Crippen LogP contribution >= 0.6 is 0 Å². The van der Waals surface area contributed by atoms with Crippen LogP contribution in [-0.4, -0.2) is 113 Å². The molecule has 1 saturated heterocycles. The number of ether oxygens (including phenoxy) is 5. The molecule has 2 aromatic rings. The van der Waals surface area contributed by atoms with Crippen molar-refractivity contribution in [3.05, 3.63) is 36.0 Å². The molecule has 4 rings (SSSR count). The van der Waals surface area contributed by atoms with E-state index in [9.17, 15) is 24.0 Å². The average Bonchev–Trinajstić information content (AvgIpc) is 3.47. The van der Waals surface area contributed by atoms with Crippen molar-refractivity contribution in [2.24, 2.45) is 0 Å². The summed E-state index contributed by atoms with van der Waals surface area (Å²) in [4.78, 5) is 68.4. The first-order chi connectivity index (χ1) is 23.3. The molecular formula is C34H47N5O10. The van der Waals surface area contributed by atoms with E-state index in [2.05, 4.69) is 10.4 Å². The first-order valence-electron chi connectivity index (χ1n) is 16.6. The molecule has 2 aliphatic rings. The van der Waals surface area contributed by atoms with E-state index < -0.39 is 47.1 Å². The van der Waals surface area contributed by atoms with Gasteiger partial charge in [0.15, 0.2) is 5.69 Å². The Hall–Kier alpha value is -4.82. The number of nitrogens with one attached hydrogen (secondary N) is 1. The van der Waals surface area contributed by atoms with Crippen molar-refractivity contribution >= 4 is 29.8 Å². The molecule has 15 heteroatoms. The fraction of sp³-hybridized carbons (Fsp3) is 0.588. The zero-order valence-corrected chi connectivity index (χ0v) is 29.1. The Labute approximate surface area is 286 Å². The van der Waals surface area contributed by atoms with Crippen LogP contribution in [0.3, 0.4) is 0 Å². The average molecular weight is 686 g/mol. The van der Waals surface area contributed by atoms with E-state index in [4.69, 9.17) is 23.7 Å². The van der Waals surface area contributed by atoms with Crippen LogP contribution in [0.25, 0.3) is 5.69 Å². The highest BCUT2D eigenvalue weighted by Crippen LogP contribution is 2.39. The molecule has 15 nitrogen and oxygen atoms in total. The van der Waals surface area contributed by atoms with E-state index in [1.807, 2.05) is 0 Å². The Balaban J connectivity index is 1.60. The highest BCUT2D eigenvalue weighted by molar-refractivity contribution is 5.96. The second kappa shape index (κ2) is 16.1. The first kappa shape index (κ1) is 37.0. The fourth-order valence-corrected chi connectivity index (χ4v) is 5.47. The molecule has 2 fully saturated rings. The third-order valence-electron chi connectivity index (χ3n) is 8.09. The number of methoxy groups -OCH3 is 1. The van der Waals surface area contributed by atoms with Gasteiger partial charge in [0, 0.05) is 44.7 Å². The summed E-state index contributed by atoms with van der Waals surface area (Å²) >= 11 is 0. The summed E-state index contributed by atoms with van der Waals surface area (Å²) in [6.45, 7) is 10.0. The lowest BCUT2D eigenvalue weighted by atomic mass is 9.80. The van der Waals surface area contributed by atoms with E-state index in [1.165, 1.54) is 22.8 Å². The first-order valence-corrected chi connectivity index (χ1v) is 16.6. The van der Waals surface area contributed by atoms with E-state index in [0.717, 1.165) is 6.42 Å². The Morgan fingerprint density at radius 2 is 1.63 bits per heavy atom. The number of nitrogens with zero attached hydrogens (tertiary/aromatic N) is 4. The highest BCUT2D eigenvalue weighted by atomic mass is 16.6. The smallest absolute Gasteiger partial charge is 0.409 e. The number of aromatic nitrogens is 2. The Bertz CT molecular complexity index is 1500. The van der Waals surface area contributed by atoms with Crippen LogP contribution in [-0.2, 0) is 28.6 Å². The van der Waals surface area contributed by atoms with E-state index in [0.29, 0.717) is 24.3 Å². The maximum Gasteiger partial charge on any atom is 0.409 e. The third-order valence-corrected chi connectivity index (χ3v) is 8.09. The van der Waals surface area contributed by atoms with Crippen LogP contribution in [0.1, 0.15) is 77.2 Å². The molecule has 1 aliphatic carbocycles. The van der Waals surface area contributed by atoms with Crippen molar-refractivity contribution in [2.75, 3.05) is 46.5 Å². The van der Waals surface area contributed by atoms with E-state index in [1.54, 1.807) is 63.8 Å². The van der Waals surface area contributed by atoms with Crippen LogP contribution in [0.15, 0.2) is 30.3 Å². The maximum absolute atomic E-state index is 13.8. The van der Waals surface area contributed by atoms with Gasteiger partial charge in [-0.25, -0.2) is 14.3 Å². The summed E-state index contributed by atoms with van der Waals surface area (Å²) in [6.07, 6.45) is 0.993. The van der Waals surface area contributed by atoms with E-state index in [-0.39, 0.29) is 63.8 Å². The number of hydrogen-bond donors (Lipinski definition) is 1. The predicted octanol–water partition coefficient (Wildman–Crippen LogP) is 3.27. The summed E-state index contributed by atoms with van der Waals surface area (Å²) in [7, 11) is 1.52. The van der Waals surface area contributed by atoms with Crippen molar-refractivity contribution < 1.29 is 47.7 Å². The number of carbonyl (C=O) groups is 5. The summed E-state index contributed by atoms with van der Waals surface area (Å²) in [5.41, 5.74) is -1.53. The monoisotopic (exact) mass is 685 g/mol. The Kier molecular flexibility index (Phi) is 12.1. The molecule has 1 aliphatic heterocycles. The topological polar surface area (TPSA) is 168 Å². The molecule has 0 radical (unpaired) electrons. The van der Waals surface area contributed by atoms with Gasteiger partial charge < -0.3 is 38.8 Å². The zero-order chi connectivity index (χ0) is 35.8. The summed E-state index contributed by atoms with van der Waals surface area (Å²) < 4.78 is 28.9. The Morgan fingerprint density at radius 3 is 2.22 bits per heavy atom. The van der Waals surface area contributed by atoms with Gasteiger partial charge in [-0.15, -0.1) is 0 Å². The molecule has 0 bridgehead atoms. The van der Waals surface area contributed by atoms with Gasteiger partial charge in [-0.1, -0.05) is 6.07 Å². The molecule has 1 saturated carbocycles. The number of carbonyl (C=O) groups excluding carboxylic acids is 5. The number of rotatable bonds is 13. The van der Waals surface area contributed by atoms with Crippen LogP contribution in [0, 0.1) is 0 Å². The number of benzene rings is 1. The molecule has 268 valence electrons. The van der Waals surface area contributed by atoms with E-state index >= 15 is 0 Å². The van der Waals surface area contributed by atoms with Crippen LogP contribution in [0.2, 0.25) is 0 Å². The van der Waals surface area contributed by atoms with Gasteiger partial charge in [-0.05, 0) is 72.4 Å². The second-order valence-electron chi connectivity index (χ2n) is 12.8. The molecule has 49 heavy (non-hydrogen) atoms. The van der Waals surface area contributed by atoms with Gasteiger partial charge in [0.2, 0.25) is 17.4 Å². The normalized spacial score (nSPS) is 16.1. The number of piperazine rings is 1. The minimum Gasteiger partial charge on any atom is -0.497 e. The summed E-state index contributed by atoms with van der Waals surface area (Å²) in [6, 6.07) is 7.23. The molecule has 1 atom stereocenters. The van der Waals surface area contributed by atoms with Crippen molar-refractivity contribution in [3.63, 3.8) is 0 Å². The quantitative estimate of drug-likeness (QED) is 0.243. The Morgan fingerprint density at radius 1 is 0.959 bits per heavy atom. The molecule has 1 aromatic heterocycles. The SMILES string of the molecule is CCOC(=O)N1CCN(C(=O)[C@H](CCC(=O)OC(C)(C)C)NC(=O)c2cc(OC3(C(=O)OCC)CCC3)n(-c3cccc(OC)c3)n2)CC1. The highest BCUT2D eigenvalue weighted by Gasteiger charge is 2.49. The lowest BCUT2D eigenvalue weighted by Crippen LogP contribution is -2.56. The van der Waals surface area contributed by atoms with Crippen molar-refractivity contribution in [2.45, 2.75) is 84.0 Å². The number of esters is 2. The van der Waals surface area contributed by atoms with Gasteiger partial charge in [0.05, 0.1) is 26.0 Å². The molecule has 0 spiro atoms. The van der Waals surface area contributed by atoms with Crippen LogP contribution < -0.4 is 14.8 Å². The standard InChI is InChI=1S/C34H47N5O10/c1-7-46-31(43)34(15-10-16-34)48-27-22-26(36-39(27)23-11-9-12-24(21-23)45-6)29(41)35-25(13-14-28(40)49-33(3,4)5)30(42)37-17-19-38(20-18-37)32(44)47-8-2/h9,11-12,21-22,25H,7-8,10,13-20H2,1-6H3,(H,35,41)/t25-/m0/s1. The van der Waals surface area contributed by atoms with Gasteiger partial charge in [-0.2, -0.15) is 5.10 Å². The summed E-state index contributed by atoms with van der Waals surface area (Å²) in [5.74, 6) is -1.48. The van der Waals surface area contributed by atoms with Crippen molar-refractivity contribution in [3.8, 4) is 17.3 Å². The number of amides is 3. The van der Waals surface area contributed by atoms with Crippen molar-refractivity contribution in [1.82, 2.24) is 24.9 Å². The maximum atomic E-state index is 13.8. The van der Waals surface area contributed by atoms with Gasteiger partial charge >= 0.3 is 18.0 Å². The van der Waals surface area contributed by atoms with Crippen LogP contribution in [0.4, 0.5) is 4.79 Å². The van der Waals surface area contributed by atoms with Crippen molar-refractivity contribution in [1.29, 1.82) is 0 Å². The lowest BCUT2D eigenvalue weighted by Gasteiger charge is -2.38. The second-order valence-corrected chi connectivity index (χ2v) is 12.8. The molecule has 1 N–H and O–H groups in total. The fourth-order valence-electron chi connectivity index (χ4n) is 5.47. The zero-order valence-electron chi connectivity index (χ0n) is 29.1. The minimum atomic E-state index is -1.22. The molecular weight excluding hydrogens is 638 g/mol. The summed E-state index contributed by atoms with van der Waals surface area (Å²) in [5, 5.41) is 7.28. The molecule has 3 amide bonds. The predicted molar refractivity (Wildman–Crippen MR) is 175 cm³/mol. The van der Waals surface area contributed by atoms with Gasteiger partial charge in [0.1, 0.15) is 17.4 Å². The minimum absolute atomic E-state index is 0.0382.